The van der Waals surface area contributed by atoms with Crippen molar-refractivity contribution < 1.29 is 17.9 Å². The number of carbonyl (C=O) groups is 1. The van der Waals surface area contributed by atoms with E-state index in [-0.39, 0.29) is 22.5 Å². The molecule has 0 aliphatic rings. The highest BCUT2D eigenvalue weighted by Crippen LogP contribution is 2.19. The molecule has 0 aliphatic heterocycles. The van der Waals surface area contributed by atoms with Crippen molar-refractivity contribution in [1.29, 1.82) is 0 Å². The highest BCUT2D eigenvalue weighted by atomic mass is 127. The number of sulfonamides is 1. The summed E-state index contributed by atoms with van der Waals surface area (Å²) in [5.41, 5.74) is 0.730. The SMILES string of the molecule is COc1cc(NS(=O)(=O)c2ccc(NC(=O)c3nn(C)cc3I)cc2)ncn1. The molecule has 0 radical (unpaired) electrons. The Morgan fingerprint density at radius 1 is 1.21 bits per heavy atom. The molecule has 0 atom stereocenters. The Hall–Kier alpha value is -2.74. The first-order chi connectivity index (χ1) is 13.3. The van der Waals surface area contributed by atoms with Gasteiger partial charge in [-0.15, -0.1) is 0 Å². The van der Waals surface area contributed by atoms with Crippen molar-refractivity contribution in [3.05, 3.63) is 52.1 Å². The number of rotatable bonds is 6. The zero-order chi connectivity index (χ0) is 20.3. The maximum atomic E-state index is 12.5. The lowest BCUT2D eigenvalue weighted by Gasteiger charge is -2.09. The molecule has 3 aromatic rings. The number of methoxy groups -OCH3 is 1. The number of nitrogens with one attached hydrogen (secondary N) is 2. The summed E-state index contributed by atoms with van der Waals surface area (Å²) >= 11 is 2.02. The molecular weight excluding hydrogens is 499 g/mol. The van der Waals surface area contributed by atoms with Crippen LogP contribution in [0.15, 0.2) is 47.8 Å². The molecular formula is C16H15IN6O4S. The number of aryl methyl sites for hydroxylation is 1. The van der Waals surface area contributed by atoms with Crippen LogP contribution in [0.5, 0.6) is 5.88 Å². The van der Waals surface area contributed by atoms with Crippen LogP contribution in [-0.2, 0) is 17.1 Å². The lowest BCUT2D eigenvalue weighted by molar-refractivity contribution is 0.102. The van der Waals surface area contributed by atoms with Gasteiger partial charge < -0.3 is 10.1 Å². The zero-order valence-corrected chi connectivity index (χ0v) is 17.7. The van der Waals surface area contributed by atoms with Gasteiger partial charge in [0.25, 0.3) is 15.9 Å². The summed E-state index contributed by atoms with van der Waals surface area (Å²) in [5, 5.41) is 6.78. The number of amides is 1. The van der Waals surface area contributed by atoms with Gasteiger partial charge in [0, 0.05) is 25.0 Å². The van der Waals surface area contributed by atoms with E-state index in [1.54, 1.807) is 17.9 Å². The molecule has 28 heavy (non-hydrogen) atoms. The van der Waals surface area contributed by atoms with E-state index in [2.05, 4.69) is 25.1 Å². The van der Waals surface area contributed by atoms with Crippen LogP contribution in [0.4, 0.5) is 11.5 Å². The molecule has 3 rings (SSSR count). The predicted molar refractivity (Wildman–Crippen MR) is 110 cm³/mol. The highest BCUT2D eigenvalue weighted by molar-refractivity contribution is 14.1. The van der Waals surface area contributed by atoms with Crippen molar-refractivity contribution in [3.8, 4) is 5.88 Å². The fourth-order valence-corrected chi connectivity index (χ4v) is 3.98. The fraction of sp³-hybridized carbons (Fsp3) is 0.125. The van der Waals surface area contributed by atoms with Gasteiger partial charge in [-0.25, -0.2) is 18.4 Å². The number of benzene rings is 1. The molecule has 0 saturated heterocycles. The van der Waals surface area contributed by atoms with Crippen LogP contribution < -0.4 is 14.8 Å². The van der Waals surface area contributed by atoms with E-state index >= 15 is 0 Å². The van der Waals surface area contributed by atoms with Crippen molar-refractivity contribution in [2.24, 2.45) is 7.05 Å². The molecule has 0 fully saturated rings. The number of halogens is 1. The molecule has 0 unspecified atom stereocenters. The Morgan fingerprint density at radius 3 is 2.54 bits per heavy atom. The molecule has 0 saturated carbocycles. The van der Waals surface area contributed by atoms with Gasteiger partial charge >= 0.3 is 0 Å². The average molecular weight is 514 g/mol. The third-order valence-electron chi connectivity index (χ3n) is 3.51. The van der Waals surface area contributed by atoms with Crippen molar-refractivity contribution in [2.45, 2.75) is 4.90 Å². The van der Waals surface area contributed by atoms with Crippen LogP contribution in [0.2, 0.25) is 0 Å². The van der Waals surface area contributed by atoms with Crippen LogP contribution >= 0.6 is 22.6 Å². The number of carbonyl (C=O) groups excluding carboxylic acids is 1. The minimum absolute atomic E-state index is 0.00972. The van der Waals surface area contributed by atoms with Gasteiger partial charge in [-0.2, -0.15) is 5.10 Å². The van der Waals surface area contributed by atoms with Gasteiger partial charge in [0.2, 0.25) is 5.88 Å². The van der Waals surface area contributed by atoms with E-state index in [1.807, 2.05) is 22.6 Å². The number of ether oxygens (including phenoxy) is 1. The molecule has 2 N–H and O–H groups in total. The number of aromatic nitrogens is 4. The van der Waals surface area contributed by atoms with Crippen LogP contribution in [-0.4, -0.2) is 41.2 Å². The second-order valence-corrected chi connectivity index (χ2v) is 8.37. The second-order valence-electron chi connectivity index (χ2n) is 5.53. The summed E-state index contributed by atoms with van der Waals surface area (Å²) in [6.45, 7) is 0. The molecule has 146 valence electrons. The monoisotopic (exact) mass is 514 g/mol. The lowest BCUT2D eigenvalue weighted by atomic mass is 10.3. The Morgan fingerprint density at radius 2 is 1.93 bits per heavy atom. The Balaban J connectivity index is 1.74. The molecule has 1 aromatic carbocycles. The molecule has 12 heteroatoms. The first-order valence-electron chi connectivity index (χ1n) is 7.78. The summed E-state index contributed by atoms with van der Waals surface area (Å²) < 4.78 is 34.5. The van der Waals surface area contributed by atoms with Gasteiger partial charge in [-0.05, 0) is 46.9 Å². The van der Waals surface area contributed by atoms with Crippen molar-refractivity contribution in [3.63, 3.8) is 0 Å². The summed E-state index contributed by atoms with van der Waals surface area (Å²) in [7, 11) is -0.727. The van der Waals surface area contributed by atoms with Gasteiger partial charge in [-0.3, -0.25) is 14.2 Å². The number of hydrogen-bond donors (Lipinski definition) is 2. The van der Waals surface area contributed by atoms with Crippen molar-refractivity contribution in [1.82, 2.24) is 19.7 Å². The molecule has 2 heterocycles. The average Bonchev–Trinajstić information content (AvgIpc) is 3.00. The maximum absolute atomic E-state index is 12.5. The number of nitrogens with zero attached hydrogens (tertiary/aromatic N) is 4. The zero-order valence-electron chi connectivity index (χ0n) is 14.7. The Kier molecular flexibility index (Phi) is 5.79. The molecule has 0 aliphatic carbocycles. The number of hydrogen-bond acceptors (Lipinski definition) is 7. The van der Waals surface area contributed by atoms with Crippen LogP contribution in [0, 0.1) is 3.57 Å². The normalized spacial score (nSPS) is 11.1. The largest absolute Gasteiger partial charge is 0.481 e. The standard InChI is InChI=1S/C16H15IN6O4S/c1-23-8-12(17)15(21-23)16(24)20-10-3-5-11(6-4-10)28(25,26)22-13-7-14(27-2)19-9-18-13/h3-9H,1-2H3,(H,20,24)(H,18,19,22). The third-order valence-corrected chi connectivity index (χ3v) is 5.67. The van der Waals surface area contributed by atoms with E-state index in [9.17, 15) is 13.2 Å². The van der Waals surface area contributed by atoms with Crippen LogP contribution in [0.3, 0.4) is 0 Å². The summed E-state index contributed by atoms with van der Waals surface area (Å²) in [6, 6.07) is 7.09. The van der Waals surface area contributed by atoms with Gasteiger partial charge in [-0.1, -0.05) is 0 Å². The van der Waals surface area contributed by atoms with Gasteiger partial charge in [0.1, 0.15) is 12.1 Å². The lowest BCUT2D eigenvalue weighted by Crippen LogP contribution is -2.16. The summed E-state index contributed by atoms with van der Waals surface area (Å²) in [5.74, 6) is -0.0734. The third kappa shape index (κ3) is 4.56. The predicted octanol–water partition coefficient (Wildman–Crippen LogP) is 1.88. The van der Waals surface area contributed by atoms with Gasteiger partial charge in [0.05, 0.1) is 15.6 Å². The highest BCUT2D eigenvalue weighted by Gasteiger charge is 2.17. The Bertz CT molecular complexity index is 1110. The van der Waals surface area contributed by atoms with Crippen LogP contribution in [0.25, 0.3) is 0 Å². The van der Waals surface area contributed by atoms with E-state index in [1.165, 1.54) is 43.8 Å². The smallest absolute Gasteiger partial charge is 0.277 e. The molecule has 0 spiro atoms. The van der Waals surface area contributed by atoms with E-state index in [4.69, 9.17) is 4.74 Å². The minimum Gasteiger partial charge on any atom is -0.481 e. The minimum atomic E-state index is -3.86. The molecule has 1 amide bonds. The van der Waals surface area contributed by atoms with Crippen molar-refractivity contribution in [2.75, 3.05) is 17.1 Å². The number of anilines is 2. The first-order valence-corrected chi connectivity index (χ1v) is 10.3. The van der Waals surface area contributed by atoms with Crippen molar-refractivity contribution >= 4 is 50.0 Å². The molecule has 10 nitrogen and oxygen atoms in total. The second kappa shape index (κ2) is 8.10. The quantitative estimate of drug-likeness (QED) is 0.481. The van der Waals surface area contributed by atoms with E-state index in [0.29, 0.717) is 15.0 Å². The topological polar surface area (TPSA) is 128 Å². The molecule has 2 aromatic heterocycles. The van der Waals surface area contributed by atoms with E-state index < -0.39 is 10.0 Å². The van der Waals surface area contributed by atoms with Gasteiger partial charge in [0.15, 0.2) is 5.69 Å². The maximum Gasteiger partial charge on any atom is 0.277 e. The fourth-order valence-electron chi connectivity index (χ4n) is 2.22. The first kappa shape index (κ1) is 20.0. The van der Waals surface area contributed by atoms with E-state index in [0.717, 1.165) is 0 Å². The molecule has 0 bridgehead atoms. The summed E-state index contributed by atoms with van der Waals surface area (Å²) in [4.78, 5) is 20.0. The Labute approximate surface area is 174 Å². The summed E-state index contributed by atoms with van der Waals surface area (Å²) in [6.07, 6.45) is 2.91. The van der Waals surface area contributed by atoms with Crippen LogP contribution in [0.1, 0.15) is 10.5 Å².